The summed E-state index contributed by atoms with van der Waals surface area (Å²) in [4.78, 5) is 12.0. The normalized spacial score (nSPS) is 14.2. The molecular formula is C20H22N4O3S. The molecule has 1 aromatic heterocycles. The number of rotatable bonds is 7. The second-order valence-electron chi connectivity index (χ2n) is 7.10. The number of H-pyrrole nitrogens is 1. The molecule has 4 rings (SSSR count). The van der Waals surface area contributed by atoms with Crippen molar-refractivity contribution in [2.75, 3.05) is 15.8 Å². The highest BCUT2D eigenvalue weighted by Gasteiger charge is 2.30. The smallest absolute Gasteiger partial charge is 0.232 e. The standard InChI is InChI=1S/C20H22N4O3S/c1-2-10-28(26,27)24-16-5-3-4-14(11-16)15-8-9-17-18(12-15)22-23-19(17)21-20(25)13-6-7-13/h3-5,8-9,11-13,24H,2,6-7,10H2,1H3,(H2,21,22,23,25). The van der Waals surface area contributed by atoms with Gasteiger partial charge in [0.05, 0.1) is 11.3 Å². The number of nitrogens with one attached hydrogen (secondary N) is 3. The summed E-state index contributed by atoms with van der Waals surface area (Å²) in [6, 6.07) is 13.1. The van der Waals surface area contributed by atoms with Gasteiger partial charge in [-0.3, -0.25) is 14.6 Å². The van der Waals surface area contributed by atoms with Gasteiger partial charge in [-0.15, -0.1) is 0 Å². The molecule has 0 saturated heterocycles. The average Bonchev–Trinajstić information content (AvgIpc) is 3.44. The van der Waals surface area contributed by atoms with Gasteiger partial charge < -0.3 is 5.32 Å². The van der Waals surface area contributed by atoms with E-state index in [1.54, 1.807) is 12.1 Å². The van der Waals surface area contributed by atoms with Gasteiger partial charge in [-0.05, 0) is 54.7 Å². The molecule has 1 fully saturated rings. The summed E-state index contributed by atoms with van der Waals surface area (Å²) in [5, 5.41) is 10.9. The average molecular weight is 398 g/mol. The molecule has 146 valence electrons. The molecule has 0 bridgehead atoms. The molecule has 1 saturated carbocycles. The van der Waals surface area contributed by atoms with Gasteiger partial charge in [0.25, 0.3) is 0 Å². The van der Waals surface area contributed by atoms with Crippen molar-refractivity contribution in [3.8, 4) is 11.1 Å². The number of sulfonamides is 1. The van der Waals surface area contributed by atoms with E-state index in [1.165, 1.54) is 0 Å². The molecule has 0 aliphatic heterocycles. The Morgan fingerprint density at radius 2 is 1.96 bits per heavy atom. The second kappa shape index (κ2) is 7.27. The molecule has 0 spiro atoms. The van der Waals surface area contributed by atoms with Gasteiger partial charge in [-0.1, -0.05) is 25.1 Å². The van der Waals surface area contributed by atoms with E-state index >= 15 is 0 Å². The zero-order valence-corrected chi connectivity index (χ0v) is 16.3. The van der Waals surface area contributed by atoms with E-state index in [9.17, 15) is 13.2 Å². The van der Waals surface area contributed by atoms with E-state index in [-0.39, 0.29) is 17.6 Å². The Kier molecular flexibility index (Phi) is 4.80. The van der Waals surface area contributed by atoms with Crippen LogP contribution in [0.4, 0.5) is 11.5 Å². The molecule has 1 heterocycles. The largest absolute Gasteiger partial charge is 0.308 e. The van der Waals surface area contributed by atoms with E-state index in [4.69, 9.17) is 0 Å². The van der Waals surface area contributed by atoms with Crippen molar-refractivity contribution in [3.05, 3.63) is 42.5 Å². The fourth-order valence-electron chi connectivity index (χ4n) is 3.12. The quantitative estimate of drug-likeness (QED) is 0.564. The monoisotopic (exact) mass is 398 g/mol. The third-order valence-corrected chi connectivity index (χ3v) is 6.19. The fraction of sp³-hybridized carbons (Fsp3) is 0.300. The number of aromatic nitrogens is 2. The minimum absolute atomic E-state index is 0.0181. The van der Waals surface area contributed by atoms with Crippen LogP contribution in [0.15, 0.2) is 42.5 Å². The zero-order chi connectivity index (χ0) is 19.7. The minimum atomic E-state index is -3.33. The number of hydrogen-bond acceptors (Lipinski definition) is 4. The topological polar surface area (TPSA) is 104 Å². The van der Waals surface area contributed by atoms with Crippen LogP contribution in [0.1, 0.15) is 26.2 Å². The number of amides is 1. The molecule has 7 nitrogen and oxygen atoms in total. The van der Waals surface area contributed by atoms with Gasteiger partial charge in [0, 0.05) is 17.0 Å². The van der Waals surface area contributed by atoms with Gasteiger partial charge >= 0.3 is 0 Å². The van der Waals surface area contributed by atoms with Crippen molar-refractivity contribution in [2.45, 2.75) is 26.2 Å². The molecule has 0 atom stereocenters. The van der Waals surface area contributed by atoms with Crippen molar-refractivity contribution in [2.24, 2.45) is 5.92 Å². The van der Waals surface area contributed by atoms with Crippen LogP contribution in [0.2, 0.25) is 0 Å². The molecule has 0 radical (unpaired) electrons. The molecule has 8 heteroatoms. The highest BCUT2D eigenvalue weighted by atomic mass is 32.2. The number of carbonyl (C=O) groups excluding carboxylic acids is 1. The Morgan fingerprint density at radius 3 is 2.71 bits per heavy atom. The van der Waals surface area contributed by atoms with Crippen LogP contribution >= 0.6 is 0 Å². The number of anilines is 2. The lowest BCUT2D eigenvalue weighted by molar-refractivity contribution is -0.117. The Balaban J connectivity index is 1.59. The fourth-order valence-corrected chi connectivity index (χ4v) is 4.25. The van der Waals surface area contributed by atoms with Gasteiger partial charge in [0.15, 0.2) is 5.82 Å². The SMILES string of the molecule is CCCS(=O)(=O)Nc1cccc(-c2ccc3c(NC(=O)C4CC4)n[nH]c3c2)c1. The second-order valence-corrected chi connectivity index (χ2v) is 8.94. The van der Waals surface area contributed by atoms with Crippen LogP contribution in [0, 0.1) is 5.92 Å². The van der Waals surface area contributed by atoms with E-state index in [1.807, 2.05) is 37.3 Å². The van der Waals surface area contributed by atoms with Gasteiger partial charge in [0.1, 0.15) is 0 Å². The molecule has 1 amide bonds. The summed E-state index contributed by atoms with van der Waals surface area (Å²) in [5.41, 5.74) is 3.15. The van der Waals surface area contributed by atoms with Crippen molar-refractivity contribution >= 4 is 38.3 Å². The first kappa shape index (κ1) is 18.5. The molecule has 3 N–H and O–H groups in total. The summed E-state index contributed by atoms with van der Waals surface area (Å²) >= 11 is 0. The summed E-state index contributed by atoms with van der Waals surface area (Å²) in [7, 11) is -3.33. The maximum atomic E-state index is 12.0. The number of benzene rings is 2. The number of hydrogen-bond donors (Lipinski definition) is 3. The van der Waals surface area contributed by atoms with E-state index in [2.05, 4.69) is 20.2 Å². The predicted octanol–water partition coefficient (Wildman–Crippen LogP) is 3.73. The highest BCUT2D eigenvalue weighted by Crippen LogP contribution is 2.32. The summed E-state index contributed by atoms with van der Waals surface area (Å²) in [6.07, 6.45) is 2.44. The van der Waals surface area contributed by atoms with Crippen LogP contribution in [0.25, 0.3) is 22.0 Å². The maximum Gasteiger partial charge on any atom is 0.232 e. The summed E-state index contributed by atoms with van der Waals surface area (Å²) in [5.74, 6) is 0.765. The first-order valence-electron chi connectivity index (χ1n) is 9.35. The van der Waals surface area contributed by atoms with E-state index in [0.29, 0.717) is 17.9 Å². The maximum absolute atomic E-state index is 12.0. The molecule has 3 aromatic rings. The van der Waals surface area contributed by atoms with Crippen molar-refractivity contribution < 1.29 is 13.2 Å². The minimum Gasteiger partial charge on any atom is -0.308 e. The van der Waals surface area contributed by atoms with Crippen molar-refractivity contribution in [3.63, 3.8) is 0 Å². The number of carbonyl (C=O) groups is 1. The molecule has 28 heavy (non-hydrogen) atoms. The number of aromatic amines is 1. The zero-order valence-electron chi connectivity index (χ0n) is 15.5. The van der Waals surface area contributed by atoms with E-state index < -0.39 is 10.0 Å². The van der Waals surface area contributed by atoms with Crippen LogP contribution < -0.4 is 10.0 Å². The molecule has 1 aliphatic rings. The third kappa shape index (κ3) is 4.01. The van der Waals surface area contributed by atoms with Gasteiger partial charge in [0.2, 0.25) is 15.9 Å². The molecular weight excluding hydrogens is 376 g/mol. The molecule has 2 aromatic carbocycles. The summed E-state index contributed by atoms with van der Waals surface area (Å²) < 4.78 is 26.6. The molecule has 1 aliphatic carbocycles. The Labute approximate surface area is 163 Å². The van der Waals surface area contributed by atoms with Crippen LogP contribution in [-0.4, -0.2) is 30.3 Å². The van der Waals surface area contributed by atoms with Gasteiger partial charge in [-0.25, -0.2) is 8.42 Å². The van der Waals surface area contributed by atoms with Gasteiger partial charge in [-0.2, -0.15) is 5.10 Å². The Hall–Kier alpha value is -2.87. The van der Waals surface area contributed by atoms with Crippen LogP contribution in [0.5, 0.6) is 0 Å². The lowest BCUT2D eigenvalue weighted by Gasteiger charge is -2.09. The Bertz CT molecular complexity index is 1130. The molecule has 0 unspecified atom stereocenters. The first-order valence-corrected chi connectivity index (χ1v) is 11.0. The Morgan fingerprint density at radius 1 is 1.18 bits per heavy atom. The number of fused-ring (bicyclic) bond motifs is 1. The lowest BCUT2D eigenvalue weighted by Crippen LogP contribution is -2.15. The third-order valence-electron chi connectivity index (χ3n) is 4.69. The van der Waals surface area contributed by atoms with Crippen molar-refractivity contribution in [1.82, 2.24) is 10.2 Å². The van der Waals surface area contributed by atoms with Crippen LogP contribution in [0.3, 0.4) is 0 Å². The number of nitrogens with zero attached hydrogens (tertiary/aromatic N) is 1. The highest BCUT2D eigenvalue weighted by molar-refractivity contribution is 7.92. The lowest BCUT2D eigenvalue weighted by atomic mass is 10.0. The summed E-state index contributed by atoms with van der Waals surface area (Å²) in [6.45, 7) is 1.83. The predicted molar refractivity (Wildman–Crippen MR) is 111 cm³/mol. The van der Waals surface area contributed by atoms with Crippen LogP contribution in [-0.2, 0) is 14.8 Å². The van der Waals surface area contributed by atoms with E-state index in [0.717, 1.165) is 34.9 Å². The first-order chi connectivity index (χ1) is 13.4. The van der Waals surface area contributed by atoms with Crippen molar-refractivity contribution in [1.29, 1.82) is 0 Å².